The van der Waals surface area contributed by atoms with Crippen molar-refractivity contribution < 1.29 is 9.50 Å². The Labute approximate surface area is 106 Å². The fourth-order valence-corrected chi connectivity index (χ4v) is 2.57. The normalized spacial score (nSPS) is 21.0. The van der Waals surface area contributed by atoms with E-state index in [1.807, 2.05) is 0 Å². The molecule has 17 heavy (non-hydrogen) atoms. The van der Waals surface area contributed by atoms with E-state index in [2.05, 4.69) is 4.90 Å². The van der Waals surface area contributed by atoms with Crippen molar-refractivity contribution in [2.24, 2.45) is 5.92 Å². The molecule has 0 aromatic heterocycles. The molecule has 1 aliphatic rings. The van der Waals surface area contributed by atoms with Gasteiger partial charge in [-0.2, -0.15) is 0 Å². The molecule has 0 bridgehead atoms. The Morgan fingerprint density at radius 2 is 2.29 bits per heavy atom. The van der Waals surface area contributed by atoms with Gasteiger partial charge >= 0.3 is 0 Å². The number of rotatable bonds is 4. The lowest BCUT2D eigenvalue weighted by molar-refractivity contribution is 0.248. The van der Waals surface area contributed by atoms with Gasteiger partial charge in [0.15, 0.2) is 0 Å². The number of benzene rings is 1. The molecule has 2 rings (SSSR count). The summed E-state index contributed by atoms with van der Waals surface area (Å²) in [6, 6.07) is 4.67. The number of likely N-dealkylation sites (tertiary alicyclic amines) is 1. The number of aliphatic hydroxyl groups excluding tert-OH is 1. The van der Waals surface area contributed by atoms with Crippen molar-refractivity contribution in [3.63, 3.8) is 0 Å². The number of halogens is 2. The second-order valence-electron chi connectivity index (χ2n) is 4.64. The molecule has 1 aromatic rings. The molecule has 1 aliphatic heterocycles. The third-order valence-corrected chi connectivity index (χ3v) is 3.54. The largest absolute Gasteiger partial charge is 0.396 e. The molecule has 0 spiro atoms. The van der Waals surface area contributed by atoms with Crippen LogP contribution in [0.3, 0.4) is 0 Å². The lowest BCUT2D eigenvalue weighted by atomic mass is 10.1. The fourth-order valence-electron chi connectivity index (χ4n) is 2.38. The van der Waals surface area contributed by atoms with E-state index in [-0.39, 0.29) is 12.4 Å². The highest BCUT2D eigenvalue weighted by molar-refractivity contribution is 6.30. The Kier molecular flexibility index (Phi) is 4.37. The Morgan fingerprint density at radius 1 is 1.47 bits per heavy atom. The van der Waals surface area contributed by atoms with E-state index in [4.69, 9.17) is 16.7 Å². The first-order valence-corrected chi connectivity index (χ1v) is 6.34. The van der Waals surface area contributed by atoms with Gasteiger partial charge in [-0.25, -0.2) is 4.39 Å². The standard InChI is InChI=1S/C13H17ClFNO/c14-12-1-2-13(15)11(7-12)9-16-5-3-10(8-16)4-6-17/h1-2,7,10,17H,3-6,8-9H2. The average molecular weight is 258 g/mol. The average Bonchev–Trinajstić information content (AvgIpc) is 2.72. The van der Waals surface area contributed by atoms with Crippen molar-refractivity contribution in [2.75, 3.05) is 19.7 Å². The Hall–Kier alpha value is -0.640. The van der Waals surface area contributed by atoms with E-state index in [9.17, 15) is 4.39 Å². The lowest BCUT2D eigenvalue weighted by Gasteiger charge is -2.16. The van der Waals surface area contributed by atoms with Gasteiger partial charge in [-0.3, -0.25) is 4.90 Å². The first kappa shape index (κ1) is 12.8. The highest BCUT2D eigenvalue weighted by Gasteiger charge is 2.22. The summed E-state index contributed by atoms with van der Waals surface area (Å²) in [5.41, 5.74) is 0.655. The molecule has 0 radical (unpaired) electrons. The molecule has 1 heterocycles. The molecule has 4 heteroatoms. The van der Waals surface area contributed by atoms with E-state index in [1.165, 1.54) is 6.07 Å². The van der Waals surface area contributed by atoms with Crippen LogP contribution in [0.15, 0.2) is 18.2 Å². The molecule has 1 atom stereocenters. The smallest absolute Gasteiger partial charge is 0.127 e. The number of hydrogen-bond donors (Lipinski definition) is 1. The molecule has 1 aromatic carbocycles. The molecule has 1 N–H and O–H groups in total. The summed E-state index contributed by atoms with van der Waals surface area (Å²) < 4.78 is 13.5. The highest BCUT2D eigenvalue weighted by Crippen LogP contribution is 2.23. The van der Waals surface area contributed by atoms with Crippen LogP contribution in [0.5, 0.6) is 0 Å². The predicted octanol–water partition coefficient (Wildman–Crippen LogP) is 2.68. The van der Waals surface area contributed by atoms with Crippen molar-refractivity contribution in [3.05, 3.63) is 34.6 Å². The monoisotopic (exact) mass is 257 g/mol. The van der Waals surface area contributed by atoms with Gasteiger partial charge in [-0.1, -0.05) is 11.6 Å². The second-order valence-corrected chi connectivity index (χ2v) is 5.07. The summed E-state index contributed by atoms with van der Waals surface area (Å²) in [6.45, 7) is 2.75. The van der Waals surface area contributed by atoms with Crippen LogP contribution in [0.2, 0.25) is 5.02 Å². The van der Waals surface area contributed by atoms with Crippen LogP contribution in [0.1, 0.15) is 18.4 Å². The maximum atomic E-state index is 13.5. The van der Waals surface area contributed by atoms with Crippen LogP contribution in [0.4, 0.5) is 4.39 Å². The Bertz CT molecular complexity index is 386. The zero-order chi connectivity index (χ0) is 12.3. The molecule has 1 saturated heterocycles. The zero-order valence-corrected chi connectivity index (χ0v) is 10.5. The first-order valence-electron chi connectivity index (χ1n) is 5.96. The fraction of sp³-hybridized carbons (Fsp3) is 0.538. The molecule has 2 nitrogen and oxygen atoms in total. The molecule has 0 amide bonds. The van der Waals surface area contributed by atoms with E-state index in [1.54, 1.807) is 12.1 Å². The topological polar surface area (TPSA) is 23.5 Å². The quantitative estimate of drug-likeness (QED) is 0.897. The second kappa shape index (κ2) is 5.80. The summed E-state index contributed by atoms with van der Waals surface area (Å²) in [5, 5.41) is 9.46. The van der Waals surface area contributed by atoms with Gasteiger partial charge in [-0.05, 0) is 43.5 Å². The minimum absolute atomic E-state index is 0.194. The summed E-state index contributed by atoms with van der Waals surface area (Å²) in [7, 11) is 0. The maximum Gasteiger partial charge on any atom is 0.127 e. The number of hydrogen-bond acceptors (Lipinski definition) is 2. The third-order valence-electron chi connectivity index (χ3n) is 3.31. The Morgan fingerprint density at radius 3 is 3.06 bits per heavy atom. The summed E-state index contributed by atoms with van der Waals surface area (Å²) in [5.74, 6) is 0.349. The van der Waals surface area contributed by atoms with E-state index < -0.39 is 0 Å². The van der Waals surface area contributed by atoms with Crippen LogP contribution >= 0.6 is 11.6 Å². The van der Waals surface area contributed by atoms with E-state index in [0.29, 0.717) is 23.0 Å². The molecule has 1 fully saturated rings. The molecule has 1 unspecified atom stereocenters. The van der Waals surface area contributed by atoms with Crippen molar-refractivity contribution in [3.8, 4) is 0 Å². The summed E-state index contributed by atoms with van der Waals surface area (Å²) >= 11 is 5.86. The summed E-state index contributed by atoms with van der Waals surface area (Å²) in [4.78, 5) is 2.22. The number of nitrogens with zero attached hydrogens (tertiary/aromatic N) is 1. The van der Waals surface area contributed by atoms with Crippen molar-refractivity contribution >= 4 is 11.6 Å². The van der Waals surface area contributed by atoms with E-state index in [0.717, 1.165) is 25.9 Å². The van der Waals surface area contributed by atoms with Gasteiger partial charge in [0, 0.05) is 30.3 Å². The van der Waals surface area contributed by atoms with Gasteiger partial charge in [0.1, 0.15) is 5.82 Å². The van der Waals surface area contributed by atoms with Crippen LogP contribution in [-0.4, -0.2) is 29.7 Å². The van der Waals surface area contributed by atoms with Crippen LogP contribution in [0, 0.1) is 11.7 Å². The van der Waals surface area contributed by atoms with Gasteiger partial charge in [0.2, 0.25) is 0 Å². The van der Waals surface area contributed by atoms with Crippen molar-refractivity contribution in [2.45, 2.75) is 19.4 Å². The van der Waals surface area contributed by atoms with Crippen molar-refractivity contribution in [1.29, 1.82) is 0 Å². The van der Waals surface area contributed by atoms with Crippen molar-refractivity contribution in [1.82, 2.24) is 4.90 Å². The minimum atomic E-state index is -0.194. The maximum absolute atomic E-state index is 13.5. The van der Waals surface area contributed by atoms with Gasteiger partial charge in [-0.15, -0.1) is 0 Å². The van der Waals surface area contributed by atoms with Gasteiger partial charge in [0.25, 0.3) is 0 Å². The molecule has 0 saturated carbocycles. The first-order chi connectivity index (χ1) is 8.19. The minimum Gasteiger partial charge on any atom is -0.396 e. The molecule has 94 valence electrons. The van der Waals surface area contributed by atoms with Crippen LogP contribution in [-0.2, 0) is 6.54 Å². The molecule has 0 aliphatic carbocycles. The third kappa shape index (κ3) is 3.41. The molecular weight excluding hydrogens is 241 g/mol. The Balaban J connectivity index is 1.95. The lowest BCUT2D eigenvalue weighted by Crippen LogP contribution is -2.21. The van der Waals surface area contributed by atoms with Crippen LogP contribution < -0.4 is 0 Å². The number of aliphatic hydroxyl groups is 1. The van der Waals surface area contributed by atoms with E-state index >= 15 is 0 Å². The molecular formula is C13H17ClFNO. The van der Waals surface area contributed by atoms with Crippen LogP contribution in [0.25, 0.3) is 0 Å². The summed E-state index contributed by atoms with van der Waals surface area (Å²) in [6.07, 6.45) is 1.93. The van der Waals surface area contributed by atoms with Gasteiger partial charge in [0.05, 0.1) is 0 Å². The zero-order valence-electron chi connectivity index (χ0n) is 9.70. The SMILES string of the molecule is OCCC1CCN(Cc2cc(Cl)ccc2F)C1. The highest BCUT2D eigenvalue weighted by atomic mass is 35.5. The predicted molar refractivity (Wildman–Crippen MR) is 66.5 cm³/mol. The van der Waals surface area contributed by atoms with Gasteiger partial charge < -0.3 is 5.11 Å².